The lowest BCUT2D eigenvalue weighted by Crippen LogP contribution is -2.15. The monoisotopic (exact) mass is 328 g/mol. The molecule has 0 amide bonds. The van der Waals surface area contributed by atoms with Crippen LogP contribution in [0.2, 0.25) is 0 Å². The zero-order valence-corrected chi connectivity index (χ0v) is 14.0. The lowest BCUT2D eigenvalue weighted by atomic mass is 10.1. The number of carbonyl (C=O) groups is 1. The molecule has 0 spiro atoms. The number of nitro groups is 1. The van der Waals surface area contributed by atoms with Crippen molar-refractivity contribution in [3.05, 3.63) is 63.2 Å². The van der Waals surface area contributed by atoms with Crippen LogP contribution in [0.25, 0.3) is 0 Å². The van der Waals surface area contributed by atoms with Gasteiger partial charge >= 0.3 is 5.97 Å². The Hall–Kier alpha value is -2.89. The lowest BCUT2D eigenvalue weighted by Gasteiger charge is -2.13. The van der Waals surface area contributed by atoms with Crippen molar-refractivity contribution in [2.75, 3.05) is 11.9 Å². The minimum Gasteiger partial charge on any atom is -0.426 e. The van der Waals surface area contributed by atoms with Crippen molar-refractivity contribution in [1.82, 2.24) is 0 Å². The van der Waals surface area contributed by atoms with E-state index in [1.165, 1.54) is 6.07 Å². The molecule has 2 rings (SSSR count). The Morgan fingerprint density at radius 2 is 1.79 bits per heavy atom. The SMILES string of the molecule is Cc1ccc(C)c(OC(=O)CCNc2ccccc2[N+](=O)[O-])c1C. The Bertz CT molecular complexity index is 772. The van der Waals surface area contributed by atoms with Crippen molar-refractivity contribution >= 4 is 17.3 Å². The van der Waals surface area contributed by atoms with E-state index >= 15 is 0 Å². The van der Waals surface area contributed by atoms with Crippen LogP contribution in [0.15, 0.2) is 36.4 Å². The first-order valence-electron chi connectivity index (χ1n) is 7.65. The molecule has 6 nitrogen and oxygen atoms in total. The second-order valence-electron chi connectivity index (χ2n) is 5.58. The molecular formula is C18H20N2O4. The average molecular weight is 328 g/mol. The fourth-order valence-corrected chi connectivity index (χ4v) is 2.33. The first-order chi connectivity index (χ1) is 11.4. The van der Waals surface area contributed by atoms with Gasteiger partial charge in [-0.3, -0.25) is 14.9 Å². The van der Waals surface area contributed by atoms with Gasteiger partial charge in [-0.15, -0.1) is 0 Å². The van der Waals surface area contributed by atoms with E-state index in [2.05, 4.69) is 5.32 Å². The van der Waals surface area contributed by atoms with Gasteiger partial charge in [-0.1, -0.05) is 24.3 Å². The number of anilines is 1. The molecule has 6 heteroatoms. The van der Waals surface area contributed by atoms with Gasteiger partial charge in [-0.25, -0.2) is 0 Å². The van der Waals surface area contributed by atoms with E-state index in [0.717, 1.165) is 16.7 Å². The van der Waals surface area contributed by atoms with E-state index < -0.39 is 4.92 Å². The fraction of sp³-hybridized carbons (Fsp3) is 0.278. The van der Waals surface area contributed by atoms with Crippen LogP contribution in [0.1, 0.15) is 23.1 Å². The Balaban J connectivity index is 1.96. The molecule has 0 aliphatic heterocycles. The van der Waals surface area contributed by atoms with Crippen molar-refractivity contribution in [3.63, 3.8) is 0 Å². The standard InChI is InChI=1S/C18H20N2O4/c1-12-8-9-13(2)18(14(12)3)24-17(21)10-11-19-15-6-4-5-7-16(15)20(22)23/h4-9,19H,10-11H2,1-3H3. The quantitative estimate of drug-likeness (QED) is 0.376. The van der Waals surface area contributed by atoms with Crippen molar-refractivity contribution in [1.29, 1.82) is 0 Å². The third-order valence-electron chi connectivity index (χ3n) is 3.83. The number of hydrogen-bond donors (Lipinski definition) is 1. The van der Waals surface area contributed by atoms with E-state index in [4.69, 9.17) is 4.74 Å². The predicted molar refractivity (Wildman–Crippen MR) is 92.5 cm³/mol. The molecule has 2 aromatic carbocycles. The molecule has 24 heavy (non-hydrogen) atoms. The van der Waals surface area contributed by atoms with E-state index in [0.29, 0.717) is 11.4 Å². The molecule has 0 aromatic heterocycles. The van der Waals surface area contributed by atoms with Crippen molar-refractivity contribution in [3.8, 4) is 5.75 Å². The maximum absolute atomic E-state index is 12.0. The third-order valence-corrected chi connectivity index (χ3v) is 3.83. The molecule has 0 unspecified atom stereocenters. The molecule has 0 bridgehead atoms. The van der Waals surface area contributed by atoms with Gasteiger partial charge in [-0.05, 0) is 43.5 Å². The van der Waals surface area contributed by atoms with Crippen LogP contribution < -0.4 is 10.1 Å². The molecule has 0 aliphatic carbocycles. The van der Waals surface area contributed by atoms with E-state index in [1.54, 1.807) is 18.2 Å². The Kier molecular flexibility index (Phi) is 5.52. The predicted octanol–water partition coefficient (Wildman–Crippen LogP) is 3.93. The van der Waals surface area contributed by atoms with Gasteiger partial charge in [0, 0.05) is 12.6 Å². The number of ether oxygens (including phenoxy) is 1. The number of para-hydroxylation sites is 2. The molecule has 0 saturated carbocycles. The molecule has 0 atom stereocenters. The van der Waals surface area contributed by atoms with Crippen LogP contribution in [-0.2, 0) is 4.79 Å². The highest BCUT2D eigenvalue weighted by Crippen LogP contribution is 2.26. The van der Waals surface area contributed by atoms with Crippen LogP contribution in [-0.4, -0.2) is 17.4 Å². The van der Waals surface area contributed by atoms with Crippen molar-refractivity contribution in [2.45, 2.75) is 27.2 Å². The summed E-state index contributed by atoms with van der Waals surface area (Å²) < 4.78 is 5.46. The molecule has 2 aromatic rings. The molecule has 1 N–H and O–H groups in total. The van der Waals surface area contributed by atoms with Crippen LogP contribution in [0, 0.1) is 30.9 Å². The molecule has 0 radical (unpaired) electrons. The summed E-state index contributed by atoms with van der Waals surface area (Å²) in [6.07, 6.45) is 0.110. The normalized spacial score (nSPS) is 10.3. The second kappa shape index (κ2) is 7.59. The molecule has 0 aliphatic rings. The Morgan fingerprint density at radius 1 is 1.12 bits per heavy atom. The summed E-state index contributed by atoms with van der Waals surface area (Å²) in [6, 6.07) is 10.2. The zero-order valence-electron chi connectivity index (χ0n) is 14.0. The van der Waals surface area contributed by atoms with Gasteiger partial charge in [0.1, 0.15) is 11.4 Å². The van der Waals surface area contributed by atoms with E-state index in [1.807, 2.05) is 32.9 Å². The summed E-state index contributed by atoms with van der Waals surface area (Å²) in [4.78, 5) is 22.5. The number of aryl methyl sites for hydroxylation is 2. The summed E-state index contributed by atoms with van der Waals surface area (Å²) in [5.41, 5.74) is 3.27. The molecule has 126 valence electrons. The van der Waals surface area contributed by atoms with E-state index in [-0.39, 0.29) is 24.6 Å². The second-order valence-corrected chi connectivity index (χ2v) is 5.58. The maximum Gasteiger partial charge on any atom is 0.312 e. The topological polar surface area (TPSA) is 81.5 Å². The molecule has 0 fully saturated rings. The highest BCUT2D eigenvalue weighted by molar-refractivity contribution is 5.74. The smallest absolute Gasteiger partial charge is 0.312 e. The molecular weight excluding hydrogens is 308 g/mol. The average Bonchev–Trinajstić information content (AvgIpc) is 2.55. The van der Waals surface area contributed by atoms with Gasteiger partial charge in [0.05, 0.1) is 11.3 Å². The highest BCUT2D eigenvalue weighted by Gasteiger charge is 2.14. The fourth-order valence-electron chi connectivity index (χ4n) is 2.33. The first-order valence-corrected chi connectivity index (χ1v) is 7.65. The summed E-state index contributed by atoms with van der Waals surface area (Å²) in [5.74, 6) is 0.212. The number of hydrogen-bond acceptors (Lipinski definition) is 5. The van der Waals surface area contributed by atoms with Gasteiger partial charge in [-0.2, -0.15) is 0 Å². The third kappa shape index (κ3) is 4.10. The molecule has 0 saturated heterocycles. The van der Waals surface area contributed by atoms with Gasteiger partial charge in [0.25, 0.3) is 5.69 Å². The Morgan fingerprint density at radius 3 is 2.50 bits per heavy atom. The first kappa shape index (κ1) is 17.5. The number of nitro benzene ring substituents is 1. The van der Waals surface area contributed by atoms with Crippen LogP contribution >= 0.6 is 0 Å². The number of esters is 1. The van der Waals surface area contributed by atoms with Gasteiger partial charge < -0.3 is 10.1 Å². The highest BCUT2D eigenvalue weighted by atomic mass is 16.6. The van der Waals surface area contributed by atoms with Gasteiger partial charge in [0.15, 0.2) is 0 Å². The maximum atomic E-state index is 12.0. The van der Waals surface area contributed by atoms with Crippen molar-refractivity contribution < 1.29 is 14.5 Å². The minimum absolute atomic E-state index is 0.0174. The largest absolute Gasteiger partial charge is 0.426 e. The van der Waals surface area contributed by atoms with Crippen LogP contribution in [0.5, 0.6) is 5.75 Å². The minimum atomic E-state index is -0.458. The zero-order chi connectivity index (χ0) is 17.7. The number of nitrogens with one attached hydrogen (secondary N) is 1. The Labute approximate surface area is 140 Å². The molecule has 0 heterocycles. The van der Waals surface area contributed by atoms with Gasteiger partial charge in [0.2, 0.25) is 0 Å². The van der Waals surface area contributed by atoms with Crippen molar-refractivity contribution in [2.24, 2.45) is 0 Å². The summed E-state index contributed by atoms with van der Waals surface area (Å²) in [5, 5.41) is 13.9. The number of benzene rings is 2. The van der Waals surface area contributed by atoms with Crippen LogP contribution in [0.3, 0.4) is 0 Å². The van der Waals surface area contributed by atoms with Crippen LogP contribution in [0.4, 0.5) is 11.4 Å². The van der Waals surface area contributed by atoms with E-state index in [9.17, 15) is 14.9 Å². The lowest BCUT2D eigenvalue weighted by molar-refractivity contribution is -0.384. The summed E-state index contributed by atoms with van der Waals surface area (Å²) in [6.45, 7) is 6.02. The number of rotatable bonds is 6. The number of carbonyl (C=O) groups excluding carboxylic acids is 1. The number of nitrogens with zero attached hydrogens (tertiary/aromatic N) is 1. The summed E-state index contributed by atoms with van der Waals surface area (Å²) >= 11 is 0. The summed E-state index contributed by atoms with van der Waals surface area (Å²) in [7, 11) is 0.